The number of carbonyl (C=O) groups is 2. The lowest BCUT2D eigenvalue weighted by Gasteiger charge is -2.36. The molecular weight excluding hydrogens is 402 g/mol. The van der Waals surface area contributed by atoms with Crippen LogP contribution in [0, 0.1) is 4.91 Å². The second kappa shape index (κ2) is 12.2. The second-order valence-corrected chi connectivity index (χ2v) is 6.74. The molecule has 30 heavy (non-hydrogen) atoms. The average molecular weight is 429 g/mol. The lowest BCUT2D eigenvalue weighted by Crippen LogP contribution is -2.62. The predicted octanol–water partition coefficient (Wildman–Crippen LogP) is -2.72. The summed E-state index contributed by atoms with van der Waals surface area (Å²) in [6.07, 6.45) is -2.79. The maximum atomic E-state index is 12.3. The number of rotatable bonds is 8. The Hall–Kier alpha value is -2.51. The highest BCUT2D eigenvalue weighted by molar-refractivity contribution is 5.95. The van der Waals surface area contributed by atoms with Gasteiger partial charge in [0.1, 0.15) is 18.3 Å². The number of aliphatic hydroxyl groups is 4. The molecule has 168 valence electrons. The van der Waals surface area contributed by atoms with Crippen LogP contribution in [0.3, 0.4) is 0 Å². The van der Waals surface area contributed by atoms with E-state index >= 15 is 0 Å². The molecule has 2 heterocycles. The summed E-state index contributed by atoms with van der Waals surface area (Å²) in [6, 6.07) is 3.19. The lowest BCUT2D eigenvalue weighted by molar-refractivity contribution is -0.778. The zero-order chi connectivity index (χ0) is 22.8. The topological polar surface area (TPSA) is 184 Å². The van der Waals surface area contributed by atoms with Crippen molar-refractivity contribution in [3.63, 3.8) is 0 Å². The number of ketones is 1. The number of carboxylic acids is 1. The summed E-state index contributed by atoms with van der Waals surface area (Å²) in [5, 5.41) is 52.0. The third kappa shape index (κ3) is 7.39. The van der Waals surface area contributed by atoms with E-state index in [1.807, 2.05) is 0 Å². The first-order chi connectivity index (χ1) is 14.1. The molecule has 1 fully saturated rings. The highest BCUT2D eigenvalue weighted by Gasteiger charge is 2.48. The predicted molar refractivity (Wildman–Crippen MR) is 98.3 cm³/mol. The molecule has 0 amide bonds. The van der Waals surface area contributed by atoms with Crippen LogP contribution >= 0.6 is 0 Å². The number of carbonyl (C=O) groups excluding carboxylic acids is 2. The van der Waals surface area contributed by atoms with E-state index in [0.717, 1.165) is 6.92 Å². The zero-order valence-electron chi connectivity index (χ0n) is 16.7. The number of nitroso groups, excluding NO2 is 1. The van der Waals surface area contributed by atoms with Gasteiger partial charge in [0.25, 0.3) is 6.23 Å². The highest BCUT2D eigenvalue weighted by Crippen LogP contribution is 2.24. The SMILES string of the molecule is CC(=O)[O-].CN(CCCC(=O)c1ccc[n+](C2O[C@H](CO)[C@H](O)[C@H](O)[C@H]2O)c1)N=O. The van der Waals surface area contributed by atoms with Crippen molar-refractivity contribution >= 4 is 11.8 Å². The second-order valence-electron chi connectivity index (χ2n) is 6.74. The van der Waals surface area contributed by atoms with E-state index in [-0.39, 0.29) is 12.2 Å². The summed E-state index contributed by atoms with van der Waals surface area (Å²) in [7, 11) is 1.52. The maximum Gasteiger partial charge on any atom is 0.292 e. The molecular formula is C18H27N3O9. The lowest BCUT2D eigenvalue weighted by atomic mass is 9.98. The first-order valence-electron chi connectivity index (χ1n) is 9.18. The number of pyridine rings is 1. The average Bonchev–Trinajstić information content (AvgIpc) is 2.71. The Morgan fingerprint density at radius 3 is 2.47 bits per heavy atom. The van der Waals surface area contributed by atoms with Crippen molar-refractivity contribution in [3.8, 4) is 0 Å². The number of aromatic nitrogens is 1. The van der Waals surface area contributed by atoms with Crippen LogP contribution in [0.15, 0.2) is 29.8 Å². The summed E-state index contributed by atoms with van der Waals surface area (Å²) in [5.41, 5.74) is 0.367. The Kier molecular flexibility index (Phi) is 10.4. The maximum absolute atomic E-state index is 12.3. The molecule has 0 bridgehead atoms. The van der Waals surface area contributed by atoms with Gasteiger partial charge in [-0.15, -0.1) is 4.91 Å². The minimum Gasteiger partial charge on any atom is -0.550 e. The molecule has 1 unspecified atom stereocenters. The number of hydrogen-bond acceptors (Lipinski definition) is 10. The van der Waals surface area contributed by atoms with Gasteiger partial charge in [0.2, 0.25) is 0 Å². The smallest absolute Gasteiger partial charge is 0.292 e. The number of ether oxygens (including phenoxy) is 1. The van der Waals surface area contributed by atoms with Gasteiger partial charge in [0.05, 0.1) is 17.5 Å². The van der Waals surface area contributed by atoms with Crippen LogP contribution < -0.4 is 9.67 Å². The molecule has 2 rings (SSSR count). The molecule has 1 aromatic rings. The van der Waals surface area contributed by atoms with E-state index in [4.69, 9.17) is 14.6 Å². The molecule has 1 saturated heterocycles. The Bertz CT molecular complexity index is 712. The number of Topliss-reactive ketones (excluding diaryl/α,β-unsaturated/α-hetero) is 1. The number of carboxylic acid groups (broad SMARTS) is 1. The van der Waals surface area contributed by atoms with Gasteiger partial charge in [-0.1, -0.05) is 0 Å². The van der Waals surface area contributed by atoms with Gasteiger partial charge in [-0.25, -0.2) is 0 Å². The summed E-state index contributed by atoms with van der Waals surface area (Å²) in [4.78, 5) is 31.5. The Labute approximate surface area is 172 Å². The van der Waals surface area contributed by atoms with E-state index in [0.29, 0.717) is 18.5 Å². The molecule has 0 spiro atoms. The Morgan fingerprint density at radius 2 is 1.90 bits per heavy atom. The van der Waals surface area contributed by atoms with E-state index in [1.165, 1.54) is 22.8 Å². The number of nitrogens with zero attached hydrogens (tertiary/aromatic N) is 3. The first-order valence-corrected chi connectivity index (χ1v) is 9.18. The zero-order valence-corrected chi connectivity index (χ0v) is 16.7. The quantitative estimate of drug-likeness (QED) is 0.146. The van der Waals surface area contributed by atoms with Gasteiger partial charge in [0, 0.05) is 32.0 Å². The molecule has 1 aliphatic rings. The molecule has 0 aliphatic carbocycles. The molecule has 0 radical (unpaired) electrons. The van der Waals surface area contributed by atoms with Gasteiger partial charge in [-0.3, -0.25) is 9.80 Å². The molecule has 0 aromatic carbocycles. The molecule has 0 saturated carbocycles. The molecule has 12 heteroatoms. The van der Waals surface area contributed by atoms with Gasteiger partial charge in [-0.05, 0) is 19.4 Å². The van der Waals surface area contributed by atoms with Gasteiger partial charge >= 0.3 is 0 Å². The fourth-order valence-corrected chi connectivity index (χ4v) is 2.80. The summed E-state index contributed by atoms with van der Waals surface area (Å²) < 4.78 is 6.88. The van der Waals surface area contributed by atoms with Crippen LogP contribution in [0.1, 0.15) is 36.4 Å². The Morgan fingerprint density at radius 1 is 1.27 bits per heavy atom. The third-order valence-electron chi connectivity index (χ3n) is 4.33. The van der Waals surface area contributed by atoms with Gasteiger partial charge < -0.3 is 35.1 Å². The fourth-order valence-electron chi connectivity index (χ4n) is 2.80. The third-order valence-corrected chi connectivity index (χ3v) is 4.33. The van der Waals surface area contributed by atoms with Crippen molar-refractivity contribution in [1.29, 1.82) is 0 Å². The minimum absolute atomic E-state index is 0.164. The largest absolute Gasteiger partial charge is 0.550 e. The monoisotopic (exact) mass is 429 g/mol. The summed E-state index contributed by atoms with van der Waals surface area (Å²) >= 11 is 0. The first kappa shape index (κ1) is 25.5. The Balaban J connectivity index is 0.00000103. The van der Waals surface area contributed by atoms with Crippen LogP contribution in [0.5, 0.6) is 0 Å². The van der Waals surface area contributed by atoms with Crippen LogP contribution in [0.4, 0.5) is 0 Å². The van der Waals surface area contributed by atoms with E-state index < -0.39 is 43.2 Å². The molecule has 12 nitrogen and oxygen atoms in total. The van der Waals surface area contributed by atoms with Crippen LogP contribution in [0.25, 0.3) is 0 Å². The van der Waals surface area contributed by atoms with Crippen molar-refractivity contribution < 1.29 is 44.4 Å². The van der Waals surface area contributed by atoms with Crippen molar-refractivity contribution in [1.82, 2.24) is 5.01 Å². The van der Waals surface area contributed by atoms with Crippen LogP contribution in [0.2, 0.25) is 0 Å². The molecule has 1 aliphatic heterocycles. The van der Waals surface area contributed by atoms with Crippen molar-refractivity contribution in [2.45, 2.75) is 50.4 Å². The number of aliphatic hydroxyl groups excluding tert-OH is 4. The molecule has 1 aromatic heterocycles. The van der Waals surface area contributed by atoms with Crippen molar-refractivity contribution in [3.05, 3.63) is 35.0 Å². The van der Waals surface area contributed by atoms with Crippen molar-refractivity contribution in [2.24, 2.45) is 5.29 Å². The van der Waals surface area contributed by atoms with Crippen LogP contribution in [-0.2, 0) is 9.53 Å². The van der Waals surface area contributed by atoms with Gasteiger partial charge in [-0.2, -0.15) is 4.57 Å². The van der Waals surface area contributed by atoms with E-state index in [1.54, 1.807) is 18.3 Å². The summed E-state index contributed by atoms with van der Waals surface area (Å²) in [5.74, 6) is -1.25. The van der Waals surface area contributed by atoms with Gasteiger partial charge in [0.15, 0.2) is 24.3 Å². The van der Waals surface area contributed by atoms with Crippen molar-refractivity contribution in [2.75, 3.05) is 20.2 Å². The molecule has 5 atom stereocenters. The van der Waals surface area contributed by atoms with Crippen LogP contribution in [-0.4, -0.2) is 81.8 Å². The summed E-state index contributed by atoms with van der Waals surface area (Å²) in [6.45, 7) is 0.799. The van der Waals surface area contributed by atoms with E-state index in [2.05, 4.69) is 5.29 Å². The van der Waals surface area contributed by atoms with E-state index in [9.17, 15) is 30.1 Å². The number of aliphatic carboxylic acids is 1. The number of hydrogen-bond donors (Lipinski definition) is 4. The highest BCUT2D eigenvalue weighted by atomic mass is 16.6. The molecule has 4 N–H and O–H groups in total. The normalized spacial score (nSPS) is 25.6. The minimum atomic E-state index is -1.50. The standard InChI is InChI=1S/C16H24N3O7.C2H4O2/c1-18(17-25)6-3-5-11(21)10-4-2-7-19(8-10)16-15(24)14(23)13(22)12(9-20)26-16;1-2(3)4/h2,4,7-8,12-16,20,22-24H,3,5-6,9H2,1H3;1H3,(H,3,4)/q+1;/p-1/t12-,13+,14+,15-,16?;/m1./s1. The fraction of sp³-hybridized carbons (Fsp3) is 0.611.